The second-order valence-corrected chi connectivity index (χ2v) is 7.38. The van der Waals surface area contributed by atoms with Gasteiger partial charge in [0.2, 0.25) is 5.91 Å². The molecular formula is C20H28ClN7O. The maximum Gasteiger partial charge on any atom is 0.227 e. The van der Waals surface area contributed by atoms with Gasteiger partial charge in [0.25, 0.3) is 0 Å². The number of aryl methyl sites for hydroxylation is 1. The van der Waals surface area contributed by atoms with Crippen LogP contribution in [0.2, 0.25) is 5.02 Å². The summed E-state index contributed by atoms with van der Waals surface area (Å²) in [5, 5.41) is 12.1. The molecule has 2 heterocycles. The molecule has 156 valence electrons. The van der Waals surface area contributed by atoms with Crippen LogP contribution in [0, 0.1) is 0 Å². The van der Waals surface area contributed by atoms with E-state index in [9.17, 15) is 4.79 Å². The minimum atomic E-state index is 0.134. The first-order valence-electron chi connectivity index (χ1n) is 9.95. The van der Waals surface area contributed by atoms with Crippen LogP contribution < -0.4 is 5.32 Å². The van der Waals surface area contributed by atoms with E-state index in [1.807, 2.05) is 33.7 Å². The Morgan fingerprint density at radius 1 is 1.24 bits per heavy atom. The van der Waals surface area contributed by atoms with Crippen molar-refractivity contribution >= 4 is 23.5 Å². The summed E-state index contributed by atoms with van der Waals surface area (Å²) in [6.07, 6.45) is 3.00. The van der Waals surface area contributed by atoms with Crippen LogP contribution in [0.3, 0.4) is 0 Å². The molecule has 0 atom stereocenters. The number of carbonyl (C=O) groups excluding carboxylic acids is 1. The zero-order valence-electron chi connectivity index (χ0n) is 17.0. The Morgan fingerprint density at radius 3 is 2.69 bits per heavy atom. The summed E-state index contributed by atoms with van der Waals surface area (Å²) >= 11 is 6.01. The highest BCUT2D eigenvalue weighted by Gasteiger charge is 2.23. The number of guanidine groups is 1. The monoisotopic (exact) mass is 417 g/mol. The Bertz CT molecular complexity index is 843. The van der Waals surface area contributed by atoms with Crippen molar-refractivity contribution in [3.05, 3.63) is 47.0 Å². The second-order valence-electron chi connectivity index (χ2n) is 6.94. The SMILES string of the molecule is CCc1nncn1CCNC(=NC)N1CCN(C(=O)Cc2cccc(Cl)c2)CC1. The molecule has 1 aromatic heterocycles. The van der Waals surface area contributed by atoms with E-state index in [1.54, 1.807) is 13.4 Å². The minimum Gasteiger partial charge on any atom is -0.354 e. The van der Waals surface area contributed by atoms with E-state index >= 15 is 0 Å². The van der Waals surface area contributed by atoms with Crippen molar-refractivity contribution < 1.29 is 4.79 Å². The third-order valence-corrected chi connectivity index (χ3v) is 5.27. The predicted octanol–water partition coefficient (Wildman–Crippen LogP) is 1.46. The van der Waals surface area contributed by atoms with Crippen LogP contribution in [-0.4, -0.2) is 76.2 Å². The zero-order valence-corrected chi connectivity index (χ0v) is 17.8. The van der Waals surface area contributed by atoms with Gasteiger partial charge in [-0.2, -0.15) is 0 Å². The van der Waals surface area contributed by atoms with Gasteiger partial charge in [-0.25, -0.2) is 0 Å². The minimum absolute atomic E-state index is 0.134. The summed E-state index contributed by atoms with van der Waals surface area (Å²) in [5.41, 5.74) is 0.947. The third kappa shape index (κ3) is 5.69. The number of benzene rings is 1. The number of rotatable bonds is 6. The molecule has 29 heavy (non-hydrogen) atoms. The van der Waals surface area contributed by atoms with Crippen molar-refractivity contribution in [2.45, 2.75) is 26.3 Å². The van der Waals surface area contributed by atoms with E-state index in [0.717, 1.165) is 49.9 Å². The van der Waals surface area contributed by atoms with Crippen LogP contribution >= 0.6 is 11.6 Å². The van der Waals surface area contributed by atoms with Gasteiger partial charge in [-0.1, -0.05) is 30.7 Å². The first-order chi connectivity index (χ1) is 14.1. The Balaban J connectivity index is 1.45. The summed E-state index contributed by atoms with van der Waals surface area (Å²) in [6.45, 7) is 6.48. The maximum absolute atomic E-state index is 12.6. The molecule has 0 saturated carbocycles. The third-order valence-electron chi connectivity index (χ3n) is 5.04. The summed E-state index contributed by atoms with van der Waals surface area (Å²) in [7, 11) is 1.79. The number of halogens is 1. The molecule has 1 aliphatic heterocycles. The molecule has 9 heteroatoms. The number of carbonyl (C=O) groups is 1. The molecule has 1 fully saturated rings. The van der Waals surface area contributed by atoms with Gasteiger partial charge in [-0.15, -0.1) is 10.2 Å². The van der Waals surface area contributed by atoms with Crippen LogP contribution in [-0.2, 0) is 24.2 Å². The lowest BCUT2D eigenvalue weighted by molar-refractivity contribution is -0.131. The summed E-state index contributed by atoms with van der Waals surface area (Å²) in [5.74, 6) is 1.97. The highest BCUT2D eigenvalue weighted by molar-refractivity contribution is 6.30. The van der Waals surface area contributed by atoms with E-state index in [4.69, 9.17) is 11.6 Å². The van der Waals surface area contributed by atoms with Crippen molar-refractivity contribution in [3.63, 3.8) is 0 Å². The van der Waals surface area contributed by atoms with E-state index in [2.05, 4.69) is 32.3 Å². The Hall–Kier alpha value is -2.61. The van der Waals surface area contributed by atoms with E-state index in [1.165, 1.54) is 0 Å². The van der Waals surface area contributed by atoms with Crippen LogP contribution in [0.15, 0.2) is 35.6 Å². The Labute approximate surface area is 176 Å². The lowest BCUT2D eigenvalue weighted by Gasteiger charge is -2.36. The van der Waals surface area contributed by atoms with Gasteiger partial charge in [-0.3, -0.25) is 9.79 Å². The van der Waals surface area contributed by atoms with Crippen LogP contribution in [0.5, 0.6) is 0 Å². The number of amides is 1. The summed E-state index contributed by atoms with van der Waals surface area (Å²) in [4.78, 5) is 21.1. The lowest BCUT2D eigenvalue weighted by Crippen LogP contribution is -2.54. The van der Waals surface area contributed by atoms with Crippen molar-refractivity contribution in [1.29, 1.82) is 0 Å². The van der Waals surface area contributed by atoms with Crippen LogP contribution in [0.4, 0.5) is 0 Å². The highest BCUT2D eigenvalue weighted by atomic mass is 35.5. The number of hydrogen-bond acceptors (Lipinski definition) is 4. The van der Waals surface area contributed by atoms with Crippen LogP contribution in [0.1, 0.15) is 18.3 Å². The molecule has 1 saturated heterocycles. The molecule has 3 rings (SSSR count). The molecule has 0 aliphatic carbocycles. The van der Waals surface area contributed by atoms with Crippen molar-refractivity contribution in [3.8, 4) is 0 Å². The van der Waals surface area contributed by atoms with E-state index in [0.29, 0.717) is 24.5 Å². The van der Waals surface area contributed by atoms with Gasteiger partial charge < -0.3 is 19.7 Å². The fraction of sp³-hybridized carbons (Fsp3) is 0.500. The van der Waals surface area contributed by atoms with Crippen molar-refractivity contribution in [1.82, 2.24) is 29.9 Å². The molecule has 0 radical (unpaired) electrons. The average molecular weight is 418 g/mol. The van der Waals surface area contributed by atoms with Crippen LogP contribution in [0.25, 0.3) is 0 Å². The molecule has 1 amide bonds. The van der Waals surface area contributed by atoms with Crippen molar-refractivity contribution in [2.24, 2.45) is 4.99 Å². The van der Waals surface area contributed by atoms with E-state index in [-0.39, 0.29) is 5.91 Å². The summed E-state index contributed by atoms with van der Waals surface area (Å²) < 4.78 is 2.05. The smallest absolute Gasteiger partial charge is 0.227 e. The molecule has 1 aliphatic rings. The first-order valence-corrected chi connectivity index (χ1v) is 10.3. The molecule has 8 nitrogen and oxygen atoms in total. The quantitative estimate of drug-likeness (QED) is 0.568. The number of aromatic nitrogens is 3. The van der Waals surface area contributed by atoms with Gasteiger partial charge in [-0.05, 0) is 17.7 Å². The highest BCUT2D eigenvalue weighted by Crippen LogP contribution is 2.13. The molecule has 1 N–H and O–H groups in total. The van der Waals surface area contributed by atoms with E-state index < -0.39 is 0 Å². The lowest BCUT2D eigenvalue weighted by atomic mass is 10.1. The van der Waals surface area contributed by atoms with Crippen molar-refractivity contribution in [2.75, 3.05) is 39.8 Å². The maximum atomic E-state index is 12.6. The van der Waals surface area contributed by atoms with Gasteiger partial charge in [0, 0.05) is 57.8 Å². The Kier molecular flexibility index (Phi) is 7.46. The number of piperazine rings is 1. The molecule has 2 aromatic rings. The number of nitrogens with one attached hydrogen (secondary N) is 1. The zero-order chi connectivity index (χ0) is 20.6. The van der Waals surface area contributed by atoms with Gasteiger partial charge in [0.05, 0.1) is 6.42 Å². The number of hydrogen-bond donors (Lipinski definition) is 1. The normalized spacial score (nSPS) is 14.9. The first kappa shape index (κ1) is 21.1. The number of nitrogens with zero attached hydrogens (tertiary/aromatic N) is 6. The molecule has 0 bridgehead atoms. The van der Waals surface area contributed by atoms with Gasteiger partial charge in [0.15, 0.2) is 5.96 Å². The predicted molar refractivity (Wildman–Crippen MR) is 114 cm³/mol. The second kappa shape index (κ2) is 10.2. The standard InChI is InChI=1S/C20H28ClN7O/c1-3-18-25-24-15-28(18)8-7-23-20(22-2)27-11-9-26(10-12-27)19(29)14-16-5-4-6-17(21)13-16/h4-6,13,15H,3,7-12,14H2,1-2H3,(H,22,23). The molecular weight excluding hydrogens is 390 g/mol. The van der Waals surface area contributed by atoms with Gasteiger partial charge >= 0.3 is 0 Å². The molecule has 0 spiro atoms. The van der Waals surface area contributed by atoms with Gasteiger partial charge in [0.1, 0.15) is 12.2 Å². The summed E-state index contributed by atoms with van der Waals surface area (Å²) in [6, 6.07) is 7.48. The Morgan fingerprint density at radius 2 is 2.00 bits per heavy atom. The number of aliphatic imine (C=N–C) groups is 1. The topological polar surface area (TPSA) is 78.7 Å². The fourth-order valence-corrected chi connectivity index (χ4v) is 3.67. The largest absolute Gasteiger partial charge is 0.354 e. The fourth-order valence-electron chi connectivity index (χ4n) is 3.46. The molecule has 0 unspecified atom stereocenters. The molecule has 1 aromatic carbocycles. The average Bonchev–Trinajstić information content (AvgIpc) is 3.19.